The third-order valence-electron chi connectivity index (χ3n) is 5.28. The third kappa shape index (κ3) is 6.27. The molecule has 1 unspecified atom stereocenters. The van der Waals surface area contributed by atoms with E-state index in [1.807, 2.05) is 4.90 Å². The number of rotatable bonds is 6. The average Bonchev–Trinajstić information content (AvgIpc) is 3.10. The number of thioether (sulfide) groups is 1. The van der Waals surface area contributed by atoms with Gasteiger partial charge in [-0.25, -0.2) is 4.99 Å². The SMILES string of the molecule is CCNC(=NCc1ccccc1CN1CCCC1=O)N1CCSC(CC)C1.I. The molecule has 2 aliphatic rings. The van der Waals surface area contributed by atoms with Crippen LogP contribution in [0.2, 0.25) is 0 Å². The number of carbonyl (C=O) groups excluding carboxylic acids is 1. The summed E-state index contributed by atoms with van der Waals surface area (Å²) in [6.07, 6.45) is 2.87. The van der Waals surface area contributed by atoms with Crippen LogP contribution in [0.3, 0.4) is 0 Å². The first-order valence-electron chi connectivity index (χ1n) is 10.2. The zero-order valence-corrected chi connectivity index (χ0v) is 20.2. The molecule has 0 aliphatic carbocycles. The van der Waals surface area contributed by atoms with E-state index in [4.69, 9.17) is 4.99 Å². The molecule has 2 fully saturated rings. The van der Waals surface area contributed by atoms with Crippen LogP contribution in [-0.4, -0.2) is 58.8 Å². The maximum absolute atomic E-state index is 12.0. The molecule has 7 heteroatoms. The van der Waals surface area contributed by atoms with Gasteiger partial charge < -0.3 is 15.1 Å². The molecule has 0 saturated carbocycles. The van der Waals surface area contributed by atoms with Crippen molar-refractivity contribution in [3.05, 3.63) is 35.4 Å². The number of nitrogens with zero attached hydrogens (tertiary/aromatic N) is 3. The fourth-order valence-electron chi connectivity index (χ4n) is 3.69. The number of halogens is 1. The Bertz CT molecular complexity index is 670. The maximum Gasteiger partial charge on any atom is 0.222 e. The summed E-state index contributed by atoms with van der Waals surface area (Å²) in [5.74, 6) is 2.46. The highest BCUT2D eigenvalue weighted by Crippen LogP contribution is 2.22. The molecule has 1 aromatic carbocycles. The van der Waals surface area contributed by atoms with Gasteiger partial charge in [0.2, 0.25) is 5.91 Å². The van der Waals surface area contributed by atoms with Crippen molar-refractivity contribution >= 4 is 47.6 Å². The number of guanidine groups is 1. The van der Waals surface area contributed by atoms with Crippen molar-refractivity contribution in [2.45, 2.75) is 51.4 Å². The minimum atomic E-state index is 0. The zero-order valence-electron chi connectivity index (χ0n) is 17.0. The predicted octanol–water partition coefficient (Wildman–Crippen LogP) is 3.72. The fraction of sp³-hybridized carbons (Fsp3) is 0.619. The Morgan fingerprint density at radius 2 is 2.04 bits per heavy atom. The number of amides is 1. The van der Waals surface area contributed by atoms with Crippen LogP contribution in [0.15, 0.2) is 29.3 Å². The first kappa shape index (κ1) is 23.3. The number of hydrogen-bond acceptors (Lipinski definition) is 3. The molecule has 1 aromatic rings. The Kier molecular flexibility index (Phi) is 9.91. The van der Waals surface area contributed by atoms with E-state index in [-0.39, 0.29) is 29.9 Å². The van der Waals surface area contributed by atoms with Crippen LogP contribution in [0.25, 0.3) is 0 Å². The second kappa shape index (κ2) is 11.9. The molecular weight excluding hydrogens is 483 g/mol. The van der Waals surface area contributed by atoms with Crippen LogP contribution >= 0.6 is 35.7 Å². The van der Waals surface area contributed by atoms with E-state index in [9.17, 15) is 4.79 Å². The van der Waals surface area contributed by atoms with Gasteiger partial charge in [0.05, 0.1) is 6.54 Å². The number of likely N-dealkylation sites (tertiary alicyclic amines) is 1. The molecule has 0 aromatic heterocycles. The van der Waals surface area contributed by atoms with Gasteiger partial charge in [-0.05, 0) is 30.9 Å². The summed E-state index contributed by atoms with van der Waals surface area (Å²) < 4.78 is 0. The largest absolute Gasteiger partial charge is 0.357 e. The summed E-state index contributed by atoms with van der Waals surface area (Å²) in [5.41, 5.74) is 2.43. The fourth-order valence-corrected chi connectivity index (χ4v) is 4.87. The predicted molar refractivity (Wildman–Crippen MR) is 129 cm³/mol. The average molecular weight is 516 g/mol. The van der Waals surface area contributed by atoms with E-state index >= 15 is 0 Å². The summed E-state index contributed by atoms with van der Waals surface area (Å²) in [6.45, 7) is 9.62. The van der Waals surface area contributed by atoms with Crippen LogP contribution in [0, 0.1) is 0 Å². The number of aliphatic imine (C=N–C) groups is 1. The Hall–Kier alpha value is -0.960. The maximum atomic E-state index is 12.0. The van der Waals surface area contributed by atoms with E-state index in [2.05, 4.69) is 60.1 Å². The molecule has 1 N–H and O–H groups in total. The van der Waals surface area contributed by atoms with E-state index in [1.54, 1.807) is 0 Å². The van der Waals surface area contributed by atoms with Crippen molar-refractivity contribution in [1.82, 2.24) is 15.1 Å². The van der Waals surface area contributed by atoms with Crippen LogP contribution in [0.4, 0.5) is 0 Å². The van der Waals surface area contributed by atoms with Gasteiger partial charge in [0.15, 0.2) is 5.96 Å². The van der Waals surface area contributed by atoms with E-state index in [0.717, 1.165) is 44.3 Å². The molecule has 2 saturated heterocycles. The minimum absolute atomic E-state index is 0. The quantitative estimate of drug-likeness (QED) is 0.356. The van der Waals surface area contributed by atoms with Crippen molar-refractivity contribution in [2.24, 2.45) is 4.99 Å². The Morgan fingerprint density at radius 3 is 2.71 bits per heavy atom. The van der Waals surface area contributed by atoms with Crippen LogP contribution in [0.1, 0.15) is 44.2 Å². The van der Waals surface area contributed by atoms with Gasteiger partial charge in [-0.3, -0.25) is 4.79 Å². The summed E-state index contributed by atoms with van der Waals surface area (Å²) >= 11 is 2.08. The molecule has 156 valence electrons. The second-order valence-corrected chi connectivity index (χ2v) is 8.61. The molecule has 2 aliphatic heterocycles. The number of nitrogens with one attached hydrogen (secondary N) is 1. The van der Waals surface area contributed by atoms with Gasteiger partial charge >= 0.3 is 0 Å². The van der Waals surface area contributed by atoms with Crippen LogP contribution < -0.4 is 5.32 Å². The van der Waals surface area contributed by atoms with Gasteiger partial charge in [0.1, 0.15) is 0 Å². The Balaban J connectivity index is 0.00000280. The summed E-state index contributed by atoms with van der Waals surface area (Å²) in [4.78, 5) is 21.3. The molecular formula is C21H33IN4OS. The van der Waals surface area contributed by atoms with Gasteiger partial charge in [-0.1, -0.05) is 31.2 Å². The van der Waals surface area contributed by atoms with Crippen molar-refractivity contribution in [2.75, 3.05) is 31.9 Å². The molecule has 28 heavy (non-hydrogen) atoms. The summed E-state index contributed by atoms with van der Waals surface area (Å²) in [7, 11) is 0. The highest BCUT2D eigenvalue weighted by molar-refractivity contribution is 14.0. The minimum Gasteiger partial charge on any atom is -0.357 e. The van der Waals surface area contributed by atoms with Gasteiger partial charge in [-0.2, -0.15) is 11.8 Å². The summed E-state index contributed by atoms with van der Waals surface area (Å²) in [6, 6.07) is 8.40. The Labute approximate surface area is 190 Å². The normalized spacial score (nSPS) is 20.3. The molecule has 0 spiro atoms. The van der Waals surface area contributed by atoms with E-state index in [0.29, 0.717) is 24.8 Å². The first-order chi connectivity index (χ1) is 13.2. The highest BCUT2D eigenvalue weighted by Gasteiger charge is 2.22. The molecule has 0 bridgehead atoms. The van der Waals surface area contributed by atoms with Crippen molar-refractivity contribution < 1.29 is 4.79 Å². The smallest absolute Gasteiger partial charge is 0.222 e. The highest BCUT2D eigenvalue weighted by atomic mass is 127. The van der Waals surface area contributed by atoms with E-state index < -0.39 is 0 Å². The van der Waals surface area contributed by atoms with Crippen molar-refractivity contribution in [3.8, 4) is 0 Å². The first-order valence-corrected chi connectivity index (χ1v) is 11.3. The molecule has 3 rings (SSSR count). The third-order valence-corrected chi connectivity index (χ3v) is 6.65. The number of carbonyl (C=O) groups is 1. The van der Waals surface area contributed by atoms with Crippen molar-refractivity contribution in [3.63, 3.8) is 0 Å². The molecule has 1 amide bonds. The van der Waals surface area contributed by atoms with E-state index in [1.165, 1.54) is 17.5 Å². The van der Waals surface area contributed by atoms with Crippen LogP contribution in [-0.2, 0) is 17.9 Å². The summed E-state index contributed by atoms with van der Waals surface area (Å²) in [5, 5.41) is 4.16. The molecule has 5 nitrogen and oxygen atoms in total. The van der Waals surface area contributed by atoms with Gasteiger partial charge in [-0.15, -0.1) is 24.0 Å². The standard InChI is InChI=1S/C21H32N4OS.HI/c1-3-19-16-25(12-13-27-19)21(22-4-2)23-14-17-8-5-6-9-18(17)15-24-11-7-10-20(24)26;/h5-6,8-9,19H,3-4,7,10-16H2,1-2H3,(H,22,23);1H. The van der Waals surface area contributed by atoms with Crippen LogP contribution in [0.5, 0.6) is 0 Å². The monoisotopic (exact) mass is 516 g/mol. The lowest BCUT2D eigenvalue weighted by molar-refractivity contribution is -0.128. The van der Waals surface area contributed by atoms with Gasteiger partial charge in [0.25, 0.3) is 0 Å². The lowest BCUT2D eigenvalue weighted by Gasteiger charge is -2.34. The molecule has 1 atom stereocenters. The number of benzene rings is 1. The Morgan fingerprint density at radius 1 is 1.25 bits per heavy atom. The lowest BCUT2D eigenvalue weighted by atomic mass is 10.1. The van der Waals surface area contributed by atoms with Gasteiger partial charge in [0, 0.05) is 50.1 Å². The zero-order chi connectivity index (χ0) is 19.1. The molecule has 2 heterocycles. The molecule has 0 radical (unpaired) electrons. The second-order valence-electron chi connectivity index (χ2n) is 7.20. The number of hydrogen-bond donors (Lipinski definition) is 1. The topological polar surface area (TPSA) is 47.9 Å². The van der Waals surface area contributed by atoms with Crippen molar-refractivity contribution in [1.29, 1.82) is 0 Å². The lowest BCUT2D eigenvalue weighted by Crippen LogP contribution is -2.48.